The van der Waals surface area contributed by atoms with Crippen molar-refractivity contribution in [3.63, 3.8) is 0 Å². The van der Waals surface area contributed by atoms with E-state index >= 15 is 0 Å². The molecule has 2 aromatic heterocycles. The first-order chi connectivity index (χ1) is 12.3. The van der Waals surface area contributed by atoms with E-state index in [4.69, 9.17) is 14.7 Å². The number of hydrogen-bond donors (Lipinski definition) is 1. The maximum Gasteiger partial charge on any atom is 0.416 e. The largest absolute Gasteiger partial charge is 0.467 e. The van der Waals surface area contributed by atoms with Crippen molar-refractivity contribution in [2.24, 2.45) is 0 Å². The van der Waals surface area contributed by atoms with Crippen LogP contribution in [0, 0.1) is 18.3 Å². The highest BCUT2D eigenvalue weighted by atomic mass is 19.4. The van der Waals surface area contributed by atoms with Crippen molar-refractivity contribution in [2.45, 2.75) is 13.1 Å². The molecule has 0 saturated heterocycles. The zero-order chi connectivity index (χ0) is 18.9. The van der Waals surface area contributed by atoms with Gasteiger partial charge in [0.1, 0.15) is 11.8 Å². The van der Waals surface area contributed by atoms with Crippen molar-refractivity contribution in [2.75, 3.05) is 13.9 Å². The van der Waals surface area contributed by atoms with Crippen LogP contribution in [0.15, 0.2) is 24.4 Å². The molecule has 0 aliphatic carbocycles. The second-order valence-electron chi connectivity index (χ2n) is 5.52. The molecule has 1 N–H and O–H groups in total. The molecule has 134 valence electrons. The van der Waals surface area contributed by atoms with Crippen LogP contribution in [0.1, 0.15) is 16.7 Å². The van der Waals surface area contributed by atoms with Crippen molar-refractivity contribution in [3.05, 3.63) is 41.1 Å². The molecule has 0 aliphatic rings. The third kappa shape index (κ3) is 3.19. The van der Waals surface area contributed by atoms with Crippen molar-refractivity contribution in [1.29, 1.82) is 5.26 Å². The zero-order valence-corrected chi connectivity index (χ0v) is 13.8. The summed E-state index contributed by atoms with van der Waals surface area (Å²) < 4.78 is 49.5. The fourth-order valence-corrected chi connectivity index (χ4v) is 2.62. The number of benzene rings is 1. The third-order valence-electron chi connectivity index (χ3n) is 3.77. The maximum atomic E-state index is 13.1. The number of ether oxygens (including phenoxy) is 2. The van der Waals surface area contributed by atoms with E-state index in [9.17, 15) is 13.2 Å². The number of methoxy groups -OCH3 is 1. The fraction of sp³-hybridized carbons (Fsp3) is 0.235. The Bertz CT molecular complexity index is 1010. The van der Waals surface area contributed by atoms with E-state index in [1.165, 1.54) is 20.2 Å². The van der Waals surface area contributed by atoms with E-state index in [0.717, 1.165) is 12.1 Å². The average Bonchev–Trinajstić information content (AvgIpc) is 3.00. The highest BCUT2D eigenvalue weighted by molar-refractivity contribution is 5.86. The Labute approximate surface area is 146 Å². The van der Waals surface area contributed by atoms with E-state index in [0.29, 0.717) is 33.4 Å². The molecule has 0 aliphatic heterocycles. The summed E-state index contributed by atoms with van der Waals surface area (Å²) in [4.78, 5) is 2.81. The van der Waals surface area contributed by atoms with Crippen molar-refractivity contribution in [1.82, 2.24) is 15.2 Å². The molecule has 0 spiro atoms. The molecule has 0 fully saturated rings. The van der Waals surface area contributed by atoms with Gasteiger partial charge in [0.15, 0.2) is 12.4 Å². The molecule has 0 bridgehead atoms. The van der Waals surface area contributed by atoms with E-state index in [-0.39, 0.29) is 12.5 Å². The van der Waals surface area contributed by atoms with Gasteiger partial charge in [0.2, 0.25) is 0 Å². The van der Waals surface area contributed by atoms with Gasteiger partial charge in [-0.3, -0.25) is 0 Å². The predicted octanol–water partition coefficient (Wildman–Crippen LogP) is 3.81. The summed E-state index contributed by atoms with van der Waals surface area (Å²) in [6, 6.07) is 5.53. The topological polar surface area (TPSA) is 83.8 Å². The molecular formula is C17H13F3N4O2. The van der Waals surface area contributed by atoms with Gasteiger partial charge in [0.05, 0.1) is 16.8 Å². The standard InChI is InChI=1S/C17H13F3N4O2/c1-9-3-11(17(18,19)20)4-14(26-8-25-2)15(9)13-5-12-10(6-21)7-22-16(12)24-23-13/h3-5,7H,8H2,1-2H3,(H,22,24). The number of aryl methyl sites for hydroxylation is 1. The van der Waals surface area contributed by atoms with Gasteiger partial charge in [-0.15, -0.1) is 10.2 Å². The number of aromatic amines is 1. The van der Waals surface area contributed by atoms with Crippen LogP contribution >= 0.6 is 0 Å². The Morgan fingerprint density at radius 2 is 2.00 bits per heavy atom. The summed E-state index contributed by atoms with van der Waals surface area (Å²) in [7, 11) is 1.37. The number of nitriles is 1. The number of H-pyrrole nitrogens is 1. The minimum Gasteiger partial charge on any atom is -0.467 e. The minimum absolute atomic E-state index is 0.0260. The normalized spacial score (nSPS) is 11.5. The second kappa shape index (κ2) is 6.65. The SMILES string of the molecule is COCOc1cc(C(F)(F)F)cc(C)c1-c1cc2c(C#N)c[nH]c2nn1. The van der Waals surface area contributed by atoms with Gasteiger partial charge in [0, 0.05) is 24.3 Å². The smallest absolute Gasteiger partial charge is 0.416 e. The number of nitrogens with one attached hydrogen (secondary N) is 1. The molecule has 0 saturated carbocycles. The molecule has 0 amide bonds. The first kappa shape index (κ1) is 17.7. The average molecular weight is 362 g/mol. The summed E-state index contributed by atoms with van der Waals surface area (Å²) in [5, 5.41) is 17.7. The molecule has 6 nitrogen and oxygen atoms in total. The fourth-order valence-electron chi connectivity index (χ4n) is 2.62. The summed E-state index contributed by atoms with van der Waals surface area (Å²) >= 11 is 0. The number of fused-ring (bicyclic) bond motifs is 1. The van der Waals surface area contributed by atoms with Gasteiger partial charge in [0.25, 0.3) is 0 Å². The zero-order valence-electron chi connectivity index (χ0n) is 13.8. The van der Waals surface area contributed by atoms with Crippen molar-refractivity contribution >= 4 is 11.0 Å². The lowest BCUT2D eigenvalue weighted by molar-refractivity contribution is -0.137. The van der Waals surface area contributed by atoms with E-state index in [1.807, 2.05) is 6.07 Å². The Kier molecular flexibility index (Phi) is 4.52. The van der Waals surface area contributed by atoms with Gasteiger partial charge < -0.3 is 14.5 Å². The van der Waals surface area contributed by atoms with Crippen LogP contribution in [-0.2, 0) is 10.9 Å². The van der Waals surface area contributed by atoms with Crippen LogP contribution in [-0.4, -0.2) is 29.1 Å². The Morgan fingerprint density at radius 3 is 2.65 bits per heavy atom. The third-order valence-corrected chi connectivity index (χ3v) is 3.77. The van der Waals surface area contributed by atoms with Gasteiger partial charge in [-0.2, -0.15) is 18.4 Å². The van der Waals surface area contributed by atoms with Crippen LogP contribution in [0.5, 0.6) is 5.75 Å². The molecular weight excluding hydrogens is 349 g/mol. The number of alkyl halides is 3. The van der Waals surface area contributed by atoms with Crippen molar-refractivity contribution in [3.8, 4) is 23.1 Å². The summed E-state index contributed by atoms with van der Waals surface area (Å²) in [5.74, 6) is -0.0260. The number of hydrogen-bond acceptors (Lipinski definition) is 5. The Hall–Kier alpha value is -3.12. The molecule has 3 aromatic rings. The van der Waals surface area contributed by atoms with E-state index in [1.54, 1.807) is 6.07 Å². The molecule has 0 radical (unpaired) electrons. The lowest BCUT2D eigenvalue weighted by Gasteiger charge is -2.16. The lowest BCUT2D eigenvalue weighted by Crippen LogP contribution is -2.09. The van der Waals surface area contributed by atoms with Crippen LogP contribution in [0.2, 0.25) is 0 Å². The Balaban J connectivity index is 2.21. The molecule has 0 atom stereocenters. The molecule has 0 unspecified atom stereocenters. The summed E-state index contributed by atoms with van der Waals surface area (Å²) in [6.07, 6.45) is -3.02. The quantitative estimate of drug-likeness (QED) is 0.714. The van der Waals surface area contributed by atoms with Gasteiger partial charge in [-0.25, -0.2) is 0 Å². The van der Waals surface area contributed by atoms with Gasteiger partial charge in [-0.1, -0.05) is 0 Å². The number of halogens is 3. The first-order valence-corrected chi connectivity index (χ1v) is 7.44. The number of rotatable bonds is 4. The highest BCUT2D eigenvalue weighted by Crippen LogP contribution is 2.39. The molecule has 1 aromatic carbocycles. The van der Waals surface area contributed by atoms with Gasteiger partial charge >= 0.3 is 6.18 Å². The molecule has 3 rings (SSSR count). The monoisotopic (exact) mass is 362 g/mol. The van der Waals surface area contributed by atoms with Crippen LogP contribution in [0.4, 0.5) is 13.2 Å². The summed E-state index contributed by atoms with van der Waals surface area (Å²) in [6.45, 7) is 1.30. The first-order valence-electron chi connectivity index (χ1n) is 7.44. The van der Waals surface area contributed by atoms with E-state index < -0.39 is 11.7 Å². The van der Waals surface area contributed by atoms with Crippen LogP contribution < -0.4 is 4.74 Å². The molecule has 26 heavy (non-hydrogen) atoms. The van der Waals surface area contributed by atoms with Crippen LogP contribution in [0.3, 0.4) is 0 Å². The van der Waals surface area contributed by atoms with E-state index in [2.05, 4.69) is 15.2 Å². The minimum atomic E-state index is -4.52. The number of nitrogens with zero attached hydrogens (tertiary/aromatic N) is 3. The summed E-state index contributed by atoms with van der Waals surface area (Å²) in [5.41, 5.74) is 0.904. The maximum absolute atomic E-state index is 13.1. The Morgan fingerprint density at radius 1 is 1.23 bits per heavy atom. The van der Waals surface area contributed by atoms with Gasteiger partial charge in [-0.05, 0) is 30.7 Å². The lowest BCUT2D eigenvalue weighted by atomic mass is 9.99. The predicted molar refractivity (Wildman–Crippen MR) is 86.3 cm³/mol. The van der Waals surface area contributed by atoms with Crippen molar-refractivity contribution < 1.29 is 22.6 Å². The highest BCUT2D eigenvalue weighted by Gasteiger charge is 2.32. The molecule has 9 heteroatoms. The van der Waals surface area contributed by atoms with Crippen LogP contribution in [0.25, 0.3) is 22.3 Å². The number of aromatic nitrogens is 3. The second-order valence-corrected chi connectivity index (χ2v) is 5.52. The molecule has 2 heterocycles.